The van der Waals surface area contributed by atoms with Crippen LogP contribution in [0.2, 0.25) is 0 Å². The highest BCUT2D eigenvalue weighted by atomic mass is 32.1. The Labute approximate surface area is 82.0 Å². The zero-order valence-corrected chi connectivity index (χ0v) is 8.01. The van der Waals surface area contributed by atoms with E-state index in [9.17, 15) is 4.79 Å². The van der Waals surface area contributed by atoms with Gasteiger partial charge in [0.15, 0.2) is 0 Å². The predicted octanol–water partition coefficient (Wildman–Crippen LogP) is 0.176. The van der Waals surface area contributed by atoms with Gasteiger partial charge in [-0.2, -0.15) is 0 Å². The van der Waals surface area contributed by atoms with E-state index >= 15 is 0 Å². The molecule has 4 N–H and O–H groups in total. The molecule has 1 atom stereocenters. The molecule has 0 unspecified atom stereocenters. The Kier molecular flexibility index (Phi) is 7.10. The van der Waals surface area contributed by atoms with Crippen LogP contribution < -0.4 is 11.2 Å². The molecule has 0 heterocycles. The molecule has 0 saturated carbocycles. The molecule has 13 heavy (non-hydrogen) atoms. The van der Waals surface area contributed by atoms with Crippen molar-refractivity contribution in [1.82, 2.24) is 5.43 Å². The lowest BCUT2D eigenvalue weighted by Gasteiger charge is -2.04. The van der Waals surface area contributed by atoms with Crippen LogP contribution in [0.1, 0.15) is 19.3 Å². The summed E-state index contributed by atoms with van der Waals surface area (Å²) in [4.78, 5) is 10.3. The maximum Gasteiger partial charge on any atom is 0.320 e. The molecule has 0 rings (SSSR count). The largest absolute Gasteiger partial charge is 0.480 e. The van der Waals surface area contributed by atoms with Gasteiger partial charge < -0.3 is 16.3 Å². The van der Waals surface area contributed by atoms with Crippen LogP contribution in [0.4, 0.5) is 0 Å². The molecular weight excluding hydrogens is 190 g/mol. The summed E-state index contributed by atoms with van der Waals surface area (Å²) in [6.07, 6.45) is 2.06. The summed E-state index contributed by atoms with van der Waals surface area (Å²) >= 11 is 4.33. The Hall–Kier alpha value is -0.970. The lowest BCUT2D eigenvalue weighted by atomic mass is 10.1. The molecule has 0 amide bonds. The molecule has 0 fully saturated rings. The van der Waals surface area contributed by atoms with Gasteiger partial charge in [-0.05, 0) is 31.5 Å². The fraction of sp³-hybridized carbons (Fsp3) is 0.714. The van der Waals surface area contributed by atoms with E-state index in [1.54, 1.807) is 0 Å². The van der Waals surface area contributed by atoms with E-state index in [1.165, 1.54) is 0 Å². The number of rotatable bonds is 7. The highest BCUT2D eigenvalue weighted by Crippen LogP contribution is 1.97. The van der Waals surface area contributed by atoms with Crippen LogP contribution >= 0.6 is 12.2 Å². The number of carbonyl (C=O) groups is 1. The standard InChI is InChI=1S/C7H13N3O2S/c8-6(7(11)12)3-1-2-4-9-10-5-13/h6,9H,1-4,8H2,(H,11,12)/t6-/m0/s1. The van der Waals surface area contributed by atoms with E-state index in [0.717, 1.165) is 12.8 Å². The van der Waals surface area contributed by atoms with E-state index in [4.69, 9.17) is 10.8 Å². The Bertz CT molecular complexity index is 204. The van der Waals surface area contributed by atoms with Crippen molar-refractivity contribution in [1.29, 1.82) is 0 Å². The van der Waals surface area contributed by atoms with Crippen molar-refractivity contribution < 1.29 is 9.90 Å². The number of unbranched alkanes of at least 4 members (excludes halogenated alkanes) is 1. The summed E-state index contributed by atoms with van der Waals surface area (Å²) in [6, 6.07) is -0.756. The van der Waals surface area contributed by atoms with Crippen molar-refractivity contribution in [3.05, 3.63) is 0 Å². The third-order valence-electron chi connectivity index (χ3n) is 1.50. The van der Waals surface area contributed by atoms with Crippen molar-refractivity contribution >= 4 is 23.3 Å². The van der Waals surface area contributed by atoms with Crippen LogP contribution in [0, 0.1) is 0 Å². The molecule has 0 spiro atoms. The highest BCUT2D eigenvalue weighted by molar-refractivity contribution is 7.78. The van der Waals surface area contributed by atoms with Crippen molar-refractivity contribution in [2.75, 3.05) is 6.54 Å². The lowest BCUT2D eigenvalue weighted by Crippen LogP contribution is -2.29. The van der Waals surface area contributed by atoms with Crippen LogP contribution in [-0.2, 0) is 4.79 Å². The topological polar surface area (TPSA) is 87.7 Å². The number of hydrogen-bond donors (Lipinski definition) is 3. The second-order valence-corrected chi connectivity index (χ2v) is 2.73. The molecule has 6 heteroatoms. The Morgan fingerprint density at radius 3 is 2.92 bits per heavy atom. The zero-order chi connectivity index (χ0) is 10.1. The summed E-state index contributed by atoms with van der Waals surface area (Å²) in [5.74, 6) is -0.954. The maximum absolute atomic E-state index is 10.3. The van der Waals surface area contributed by atoms with Crippen molar-refractivity contribution in [2.24, 2.45) is 10.8 Å². The van der Waals surface area contributed by atoms with E-state index < -0.39 is 12.0 Å². The number of carboxylic acids is 1. The first-order valence-electron chi connectivity index (χ1n) is 3.96. The number of carboxylic acid groups (broad SMARTS) is 1. The van der Waals surface area contributed by atoms with E-state index in [0.29, 0.717) is 13.0 Å². The van der Waals surface area contributed by atoms with Gasteiger partial charge in [-0.15, -0.1) is 5.10 Å². The molecule has 0 aromatic carbocycles. The summed E-state index contributed by atoms with van der Waals surface area (Å²) in [6.45, 7) is 0.663. The zero-order valence-electron chi connectivity index (χ0n) is 7.19. The number of hydrazone groups is 1. The Morgan fingerprint density at radius 1 is 1.69 bits per heavy atom. The lowest BCUT2D eigenvalue weighted by molar-refractivity contribution is -0.138. The molecule has 0 aliphatic carbocycles. The monoisotopic (exact) mass is 203 g/mol. The van der Waals surface area contributed by atoms with Crippen LogP contribution in [0.25, 0.3) is 0 Å². The summed E-state index contributed by atoms with van der Waals surface area (Å²) in [5, 5.41) is 14.1. The summed E-state index contributed by atoms with van der Waals surface area (Å²) in [7, 11) is 0. The van der Waals surface area contributed by atoms with Gasteiger partial charge in [-0.1, -0.05) is 0 Å². The van der Waals surface area contributed by atoms with Crippen LogP contribution in [0.5, 0.6) is 0 Å². The second-order valence-electron chi connectivity index (χ2n) is 2.55. The van der Waals surface area contributed by atoms with Gasteiger partial charge in [-0.25, -0.2) is 0 Å². The molecule has 74 valence electrons. The normalized spacial score (nSPS) is 11.5. The SMILES string of the molecule is N[C@@H](CCCCNN=C=S)C(=O)O. The molecule has 0 aliphatic heterocycles. The number of nitrogens with one attached hydrogen (secondary N) is 1. The van der Waals surface area contributed by atoms with Gasteiger partial charge in [0.25, 0.3) is 0 Å². The first-order chi connectivity index (χ1) is 6.18. The molecule has 0 aromatic rings. The minimum atomic E-state index is -0.954. The van der Waals surface area contributed by atoms with Gasteiger partial charge in [0, 0.05) is 6.54 Å². The fourth-order valence-corrected chi connectivity index (χ4v) is 0.845. The van der Waals surface area contributed by atoms with Crippen LogP contribution in [0.3, 0.4) is 0 Å². The smallest absolute Gasteiger partial charge is 0.320 e. The third kappa shape index (κ3) is 7.39. The number of hydrogen-bond acceptors (Lipinski definition) is 5. The van der Waals surface area contributed by atoms with Crippen LogP contribution in [0.15, 0.2) is 5.10 Å². The quantitative estimate of drug-likeness (QED) is 0.238. The molecular formula is C7H13N3O2S. The molecule has 0 radical (unpaired) electrons. The van der Waals surface area contributed by atoms with Gasteiger partial charge in [0.1, 0.15) is 6.04 Å². The average molecular weight is 203 g/mol. The summed E-state index contributed by atoms with van der Waals surface area (Å²) < 4.78 is 0. The van der Waals surface area contributed by atoms with Crippen LogP contribution in [-0.4, -0.2) is 28.8 Å². The number of nitrogens with two attached hydrogens (primary N) is 1. The van der Waals surface area contributed by atoms with Crippen molar-refractivity contribution in [2.45, 2.75) is 25.3 Å². The third-order valence-corrected chi connectivity index (χ3v) is 1.59. The second kappa shape index (κ2) is 7.67. The van der Waals surface area contributed by atoms with E-state index in [2.05, 4.69) is 27.9 Å². The first kappa shape index (κ1) is 12.0. The van der Waals surface area contributed by atoms with E-state index in [-0.39, 0.29) is 0 Å². The van der Waals surface area contributed by atoms with E-state index in [1.807, 2.05) is 0 Å². The highest BCUT2D eigenvalue weighted by Gasteiger charge is 2.09. The number of isothiocyanates is 1. The molecule has 0 aromatic heterocycles. The molecule has 0 aliphatic rings. The van der Waals surface area contributed by atoms with Crippen molar-refractivity contribution in [3.8, 4) is 0 Å². The van der Waals surface area contributed by atoms with Gasteiger partial charge in [-0.3, -0.25) is 4.79 Å². The van der Waals surface area contributed by atoms with Crippen molar-refractivity contribution in [3.63, 3.8) is 0 Å². The Balaban J connectivity index is 3.25. The molecule has 5 nitrogen and oxygen atoms in total. The van der Waals surface area contributed by atoms with Gasteiger partial charge in [0.2, 0.25) is 0 Å². The predicted molar refractivity (Wildman–Crippen MR) is 52.5 cm³/mol. The van der Waals surface area contributed by atoms with Gasteiger partial charge >= 0.3 is 5.97 Å². The number of aliphatic carboxylic acids is 1. The average Bonchev–Trinajstić information content (AvgIpc) is 2.10. The molecule has 0 saturated heterocycles. The summed E-state index contributed by atoms with van der Waals surface area (Å²) in [5.41, 5.74) is 7.94. The Morgan fingerprint density at radius 2 is 2.38 bits per heavy atom. The first-order valence-corrected chi connectivity index (χ1v) is 4.37. The van der Waals surface area contributed by atoms with Gasteiger partial charge in [0.05, 0.1) is 5.16 Å². The molecule has 0 bridgehead atoms. The minimum Gasteiger partial charge on any atom is -0.480 e. The fourth-order valence-electron chi connectivity index (χ4n) is 0.780. The number of thiocarbonyl (C=S) groups is 1. The minimum absolute atomic E-state index is 0.484. The maximum atomic E-state index is 10.3. The number of nitrogens with zero attached hydrogens (tertiary/aromatic N) is 1.